The van der Waals surface area contributed by atoms with Crippen LogP contribution in [0.5, 0.6) is 11.5 Å². The van der Waals surface area contributed by atoms with Crippen molar-refractivity contribution in [1.29, 1.82) is 0 Å². The van der Waals surface area contributed by atoms with Gasteiger partial charge in [-0.25, -0.2) is 0 Å². The van der Waals surface area contributed by atoms with Crippen LogP contribution in [0.25, 0.3) is 5.57 Å². The van der Waals surface area contributed by atoms with Crippen LogP contribution < -0.4 is 9.47 Å². The first-order valence-electron chi connectivity index (χ1n) is 9.03. The molecule has 2 aliphatic rings. The van der Waals surface area contributed by atoms with Crippen molar-refractivity contribution in [3.8, 4) is 11.5 Å². The lowest BCUT2D eigenvalue weighted by molar-refractivity contribution is -0.156. The fraction of sp³-hybridized carbons (Fsp3) is 0.304. The fourth-order valence-electron chi connectivity index (χ4n) is 4.17. The third-order valence-electron chi connectivity index (χ3n) is 5.39. The zero-order chi connectivity index (χ0) is 19.4. The molecule has 0 bridgehead atoms. The van der Waals surface area contributed by atoms with Crippen LogP contribution in [-0.2, 0) is 9.59 Å². The summed E-state index contributed by atoms with van der Waals surface area (Å²) in [5.41, 5.74) is 0.709. The van der Waals surface area contributed by atoms with E-state index in [1.54, 1.807) is 25.3 Å². The number of fused-ring (bicyclic) bond motifs is 3. The van der Waals surface area contributed by atoms with E-state index in [1.807, 2.05) is 57.2 Å². The van der Waals surface area contributed by atoms with E-state index in [1.165, 1.54) is 0 Å². The molecule has 4 rings (SSSR count). The zero-order valence-electron chi connectivity index (χ0n) is 15.9. The molecule has 1 aliphatic heterocycles. The maximum absolute atomic E-state index is 13.4. The lowest BCUT2D eigenvalue weighted by Crippen LogP contribution is -2.56. The van der Waals surface area contributed by atoms with Crippen LogP contribution in [-0.4, -0.2) is 18.9 Å². The van der Waals surface area contributed by atoms with Crippen LogP contribution in [0.15, 0.2) is 54.6 Å². The van der Waals surface area contributed by atoms with Crippen molar-refractivity contribution >= 4 is 17.3 Å². The number of ether oxygens (including phenoxy) is 2. The summed E-state index contributed by atoms with van der Waals surface area (Å²) in [6, 6.07) is 15.2. The Morgan fingerprint density at radius 3 is 2.41 bits per heavy atom. The van der Waals surface area contributed by atoms with Gasteiger partial charge >= 0.3 is 5.97 Å². The van der Waals surface area contributed by atoms with E-state index in [-0.39, 0.29) is 5.78 Å². The number of carbonyl (C=O) groups is 2. The normalized spacial score (nSPS) is 23.3. The number of benzene rings is 2. The van der Waals surface area contributed by atoms with Crippen LogP contribution in [0.3, 0.4) is 0 Å². The Labute approximate surface area is 158 Å². The first-order valence-corrected chi connectivity index (χ1v) is 9.03. The van der Waals surface area contributed by atoms with Crippen molar-refractivity contribution in [2.45, 2.75) is 26.7 Å². The molecule has 4 heteroatoms. The number of carbonyl (C=O) groups excluding carboxylic acids is 2. The highest BCUT2D eigenvalue weighted by atomic mass is 16.5. The van der Waals surface area contributed by atoms with Crippen LogP contribution in [0, 0.1) is 10.8 Å². The van der Waals surface area contributed by atoms with Crippen molar-refractivity contribution in [2.24, 2.45) is 10.8 Å². The van der Waals surface area contributed by atoms with Crippen molar-refractivity contribution < 1.29 is 19.1 Å². The van der Waals surface area contributed by atoms with E-state index >= 15 is 0 Å². The van der Waals surface area contributed by atoms with Crippen molar-refractivity contribution in [3.05, 3.63) is 65.7 Å². The highest BCUT2D eigenvalue weighted by molar-refractivity contribution is 6.17. The highest BCUT2D eigenvalue weighted by Gasteiger charge is 2.65. The monoisotopic (exact) mass is 362 g/mol. The van der Waals surface area contributed by atoms with Gasteiger partial charge in [-0.2, -0.15) is 0 Å². The molecule has 138 valence electrons. The highest BCUT2D eigenvalue weighted by Crippen LogP contribution is 2.64. The third-order valence-corrected chi connectivity index (χ3v) is 5.39. The summed E-state index contributed by atoms with van der Waals surface area (Å²) >= 11 is 0. The maximum Gasteiger partial charge on any atom is 0.329 e. The van der Waals surface area contributed by atoms with E-state index in [0.29, 0.717) is 11.5 Å². The number of hydrogen-bond acceptors (Lipinski definition) is 4. The smallest absolute Gasteiger partial charge is 0.329 e. The van der Waals surface area contributed by atoms with Crippen molar-refractivity contribution in [3.63, 3.8) is 0 Å². The van der Waals surface area contributed by atoms with Gasteiger partial charge in [0.2, 0.25) is 0 Å². The molecule has 2 aromatic carbocycles. The van der Waals surface area contributed by atoms with Gasteiger partial charge in [-0.15, -0.1) is 0 Å². The number of esters is 1. The maximum atomic E-state index is 13.4. The van der Waals surface area contributed by atoms with Gasteiger partial charge in [-0.1, -0.05) is 63.2 Å². The Morgan fingerprint density at radius 1 is 1.07 bits per heavy atom. The second kappa shape index (κ2) is 5.81. The molecule has 1 aliphatic carbocycles. The summed E-state index contributed by atoms with van der Waals surface area (Å²) < 4.78 is 11.2. The molecule has 0 fully saturated rings. The molecule has 4 nitrogen and oxygen atoms in total. The molecule has 0 N–H and O–H groups in total. The van der Waals surface area contributed by atoms with Crippen LogP contribution in [0.1, 0.15) is 37.8 Å². The lowest BCUT2D eigenvalue weighted by Gasteiger charge is -2.50. The largest absolute Gasteiger partial charge is 0.496 e. The van der Waals surface area contributed by atoms with Crippen LogP contribution >= 0.6 is 0 Å². The molecule has 2 aromatic rings. The quantitative estimate of drug-likeness (QED) is 0.461. The molecule has 0 aromatic heterocycles. The SMILES string of the molecule is COc1cccc2c1[C@H]1C(c3ccccc3)=C[C@@]1(C(=O)C(C)(C)C)C(=O)O2. The van der Waals surface area contributed by atoms with E-state index in [0.717, 1.165) is 16.7 Å². The van der Waals surface area contributed by atoms with Crippen LogP contribution in [0.4, 0.5) is 0 Å². The van der Waals surface area contributed by atoms with E-state index in [9.17, 15) is 9.59 Å². The number of rotatable bonds is 3. The molecule has 0 saturated carbocycles. The summed E-state index contributed by atoms with van der Waals surface area (Å²) in [5, 5.41) is 0. The number of methoxy groups -OCH3 is 1. The Morgan fingerprint density at radius 2 is 1.78 bits per heavy atom. The lowest BCUT2D eigenvalue weighted by atomic mass is 9.52. The number of ketones is 1. The zero-order valence-corrected chi connectivity index (χ0v) is 15.9. The predicted molar refractivity (Wildman–Crippen MR) is 103 cm³/mol. The topological polar surface area (TPSA) is 52.6 Å². The van der Waals surface area contributed by atoms with E-state index < -0.39 is 22.7 Å². The van der Waals surface area contributed by atoms with Gasteiger partial charge in [-0.3, -0.25) is 9.59 Å². The minimum Gasteiger partial charge on any atom is -0.496 e. The number of allylic oxidation sites excluding steroid dienone is 1. The van der Waals surface area contributed by atoms with Crippen molar-refractivity contribution in [2.75, 3.05) is 7.11 Å². The molecule has 0 saturated heterocycles. The van der Waals surface area contributed by atoms with Crippen LogP contribution in [0.2, 0.25) is 0 Å². The van der Waals surface area contributed by atoms with Gasteiger partial charge in [0, 0.05) is 16.9 Å². The average molecular weight is 362 g/mol. The van der Waals surface area contributed by atoms with Gasteiger partial charge in [0.05, 0.1) is 7.11 Å². The first kappa shape index (κ1) is 17.5. The molecule has 1 heterocycles. The van der Waals surface area contributed by atoms with E-state index in [4.69, 9.17) is 9.47 Å². The molecule has 0 spiro atoms. The summed E-state index contributed by atoms with van der Waals surface area (Å²) in [6.07, 6.45) is 1.79. The second-order valence-corrected chi connectivity index (χ2v) is 8.11. The summed E-state index contributed by atoms with van der Waals surface area (Å²) in [5.74, 6) is 0.0222. The molecule has 0 unspecified atom stereocenters. The Hall–Kier alpha value is -2.88. The molecule has 2 atom stereocenters. The summed E-state index contributed by atoms with van der Waals surface area (Å²) in [4.78, 5) is 26.5. The number of Topliss-reactive ketones (excluding diaryl/α,β-unsaturated/α-hetero) is 1. The van der Waals surface area contributed by atoms with Gasteiger partial charge in [0.1, 0.15) is 11.5 Å². The fourth-order valence-corrected chi connectivity index (χ4v) is 4.17. The molecule has 0 radical (unpaired) electrons. The average Bonchev–Trinajstić information content (AvgIpc) is 2.62. The number of hydrogen-bond donors (Lipinski definition) is 0. The standard InChI is InChI=1S/C23H22O4/c1-22(2,3)20(24)23-13-15(14-9-6-5-7-10-14)19(23)18-16(26-4)11-8-12-17(18)27-21(23)25/h5-13,19H,1-4H3/t19-,23-/m1/s1. The van der Waals surface area contributed by atoms with Gasteiger partial charge in [-0.05, 0) is 23.3 Å². The second-order valence-electron chi connectivity index (χ2n) is 8.11. The Bertz CT molecular complexity index is 966. The summed E-state index contributed by atoms with van der Waals surface area (Å²) in [6.45, 7) is 5.50. The molecule has 27 heavy (non-hydrogen) atoms. The Balaban J connectivity index is 1.99. The van der Waals surface area contributed by atoms with Gasteiger partial charge in [0.15, 0.2) is 11.2 Å². The molecular formula is C23H22O4. The van der Waals surface area contributed by atoms with Crippen molar-refractivity contribution in [1.82, 2.24) is 0 Å². The van der Waals surface area contributed by atoms with Gasteiger partial charge < -0.3 is 9.47 Å². The predicted octanol–water partition coefficient (Wildman–Crippen LogP) is 4.40. The summed E-state index contributed by atoms with van der Waals surface area (Å²) in [7, 11) is 1.59. The molecular weight excluding hydrogens is 340 g/mol. The first-order chi connectivity index (χ1) is 12.8. The minimum atomic E-state index is -1.31. The third kappa shape index (κ3) is 2.36. The van der Waals surface area contributed by atoms with E-state index in [2.05, 4.69) is 0 Å². The Kier molecular flexibility index (Phi) is 3.77. The molecule has 0 amide bonds. The van der Waals surface area contributed by atoms with Gasteiger partial charge in [0.25, 0.3) is 0 Å². The minimum absolute atomic E-state index is 0.138.